The minimum atomic E-state index is -0.378. The second-order valence-corrected chi connectivity index (χ2v) is 7.13. The molecule has 2 aromatic carbocycles. The Balaban J connectivity index is 1.46. The highest BCUT2D eigenvalue weighted by Crippen LogP contribution is 2.26. The van der Waals surface area contributed by atoms with E-state index >= 15 is 0 Å². The van der Waals surface area contributed by atoms with E-state index in [1.165, 1.54) is 0 Å². The summed E-state index contributed by atoms with van der Waals surface area (Å²) in [7, 11) is 1.82. The van der Waals surface area contributed by atoms with E-state index in [0.29, 0.717) is 0 Å². The average Bonchev–Trinajstić information content (AvgIpc) is 2.94. The van der Waals surface area contributed by atoms with Gasteiger partial charge >= 0.3 is 5.69 Å². The number of imidazole rings is 1. The van der Waals surface area contributed by atoms with Gasteiger partial charge in [0.15, 0.2) is 0 Å². The number of nitro benzene ring substituents is 1. The predicted molar refractivity (Wildman–Crippen MR) is 104 cm³/mol. The van der Waals surface area contributed by atoms with E-state index in [-0.39, 0.29) is 22.3 Å². The van der Waals surface area contributed by atoms with Crippen molar-refractivity contribution in [3.63, 3.8) is 0 Å². The van der Waals surface area contributed by atoms with Crippen molar-refractivity contribution in [1.82, 2.24) is 14.0 Å². The van der Waals surface area contributed by atoms with Gasteiger partial charge in [0.25, 0.3) is 5.69 Å². The van der Waals surface area contributed by atoms with Crippen molar-refractivity contribution in [1.29, 1.82) is 0 Å². The zero-order valence-corrected chi connectivity index (χ0v) is 15.2. The van der Waals surface area contributed by atoms with Crippen molar-refractivity contribution < 1.29 is 4.92 Å². The summed E-state index contributed by atoms with van der Waals surface area (Å²) in [5.74, 6) is 0. The van der Waals surface area contributed by atoms with Crippen molar-refractivity contribution in [3.05, 3.63) is 74.7 Å². The Bertz CT molecular complexity index is 1030. The topological polar surface area (TPSA) is 73.3 Å². The summed E-state index contributed by atoms with van der Waals surface area (Å²) in [5, 5.41) is 10.8. The first-order valence-electron chi connectivity index (χ1n) is 9.16. The van der Waals surface area contributed by atoms with Crippen LogP contribution in [0.25, 0.3) is 11.0 Å². The standard InChI is InChI=1S/C20H22N4O3/c1-21-18-4-2-3-5-19(18)23(20(21)25)16-10-12-22(13-11-16)14-15-6-8-17(9-7-15)24(26)27/h2-9,16H,10-14H2,1H3. The number of fused-ring (bicyclic) bond motifs is 1. The molecule has 0 aliphatic carbocycles. The molecule has 0 N–H and O–H groups in total. The molecule has 0 spiro atoms. The number of aromatic nitrogens is 2. The van der Waals surface area contributed by atoms with E-state index in [2.05, 4.69) is 4.90 Å². The van der Waals surface area contributed by atoms with E-state index < -0.39 is 0 Å². The molecule has 0 unspecified atom stereocenters. The van der Waals surface area contributed by atoms with Gasteiger partial charge in [0, 0.05) is 44.9 Å². The number of piperidine rings is 1. The largest absolute Gasteiger partial charge is 0.329 e. The Hall–Kier alpha value is -2.93. The molecule has 1 aliphatic rings. The molecule has 1 fully saturated rings. The summed E-state index contributed by atoms with van der Waals surface area (Å²) in [6, 6.07) is 14.9. The van der Waals surface area contributed by atoms with Gasteiger partial charge in [-0.25, -0.2) is 4.79 Å². The van der Waals surface area contributed by atoms with Gasteiger partial charge in [0.2, 0.25) is 0 Å². The van der Waals surface area contributed by atoms with Crippen LogP contribution in [0.5, 0.6) is 0 Å². The molecule has 0 saturated carbocycles. The van der Waals surface area contributed by atoms with Crippen molar-refractivity contribution in [2.24, 2.45) is 7.05 Å². The number of benzene rings is 2. The summed E-state index contributed by atoms with van der Waals surface area (Å²) in [5.41, 5.74) is 3.20. The molecule has 1 aliphatic heterocycles. The fraction of sp³-hybridized carbons (Fsp3) is 0.350. The quantitative estimate of drug-likeness (QED) is 0.525. The Morgan fingerprint density at radius 2 is 1.67 bits per heavy atom. The molecule has 1 saturated heterocycles. The molecule has 7 heteroatoms. The Morgan fingerprint density at radius 3 is 2.30 bits per heavy atom. The number of hydrogen-bond acceptors (Lipinski definition) is 4. The third-order valence-corrected chi connectivity index (χ3v) is 5.47. The highest BCUT2D eigenvalue weighted by molar-refractivity contribution is 5.76. The van der Waals surface area contributed by atoms with Gasteiger partial charge in [-0.3, -0.25) is 24.1 Å². The Labute approximate surface area is 156 Å². The van der Waals surface area contributed by atoms with Crippen LogP contribution in [0.3, 0.4) is 0 Å². The van der Waals surface area contributed by atoms with Crippen LogP contribution in [0.4, 0.5) is 5.69 Å². The molecular weight excluding hydrogens is 344 g/mol. The number of para-hydroxylation sites is 2. The lowest BCUT2D eigenvalue weighted by Crippen LogP contribution is -2.37. The van der Waals surface area contributed by atoms with Crippen molar-refractivity contribution in [2.75, 3.05) is 13.1 Å². The molecule has 0 atom stereocenters. The summed E-state index contributed by atoms with van der Waals surface area (Å²) in [6.45, 7) is 2.57. The first-order chi connectivity index (χ1) is 13.0. The number of non-ortho nitro benzene ring substituents is 1. The van der Waals surface area contributed by atoms with Crippen molar-refractivity contribution in [2.45, 2.75) is 25.4 Å². The Kier molecular flexibility index (Phi) is 4.53. The van der Waals surface area contributed by atoms with Crippen LogP contribution in [0.15, 0.2) is 53.3 Å². The fourth-order valence-corrected chi connectivity index (χ4v) is 3.99. The SMILES string of the molecule is Cn1c(=O)n(C2CCN(Cc3ccc([N+](=O)[O-])cc3)CC2)c2ccccc21. The molecule has 1 aromatic heterocycles. The number of aryl methyl sites for hydroxylation is 1. The van der Waals surface area contributed by atoms with Crippen LogP contribution in [0, 0.1) is 10.1 Å². The Morgan fingerprint density at radius 1 is 1.04 bits per heavy atom. The number of nitrogens with zero attached hydrogens (tertiary/aromatic N) is 4. The first-order valence-corrected chi connectivity index (χ1v) is 9.16. The number of likely N-dealkylation sites (tertiary alicyclic amines) is 1. The monoisotopic (exact) mass is 366 g/mol. The first kappa shape index (κ1) is 17.5. The second-order valence-electron chi connectivity index (χ2n) is 7.13. The normalized spacial score (nSPS) is 16.0. The summed E-state index contributed by atoms with van der Waals surface area (Å²) < 4.78 is 3.66. The lowest BCUT2D eigenvalue weighted by Gasteiger charge is -2.32. The zero-order valence-electron chi connectivity index (χ0n) is 15.2. The van der Waals surface area contributed by atoms with Gasteiger partial charge in [-0.05, 0) is 30.5 Å². The van der Waals surface area contributed by atoms with E-state index in [0.717, 1.165) is 49.1 Å². The predicted octanol–water partition coefficient (Wildman–Crippen LogP) is 3.09. The maximum atomic E-state index is 12.7. The third kappa shape index (κ3) is 3.26. The molecule has 7 nitrogen and oxygen atoms in total. The molecule has 140 valence electrons. The van der Waals surface area contributed by atoms with Crippen LogP contribution >= 0.6 is 0 Å². The number of nitro groups is 1. The van der Waals surface area contributed by atoms with Gasteiger partial charge in [-0.1, -0.05) is 24.3 Å². The van der Waals surface area contributed by atoms with Crippen LogP contribution in [0.1, 0.15) is 24.4 Å². The molecule has 4 rings (SSSR count). The molecule has 2 heterocycles. The molecule has 3 aromatic rings. The molecule has 0 amide bonds. The van der Waals surface area contributed by atoms with Gasteiger partial charge in [-0.2, -0.15) is 0 Å². The van der Waals surface area contributed by atoms with E-state index in [4.69, 9.17) is 0 Å². The van der Waals surface area contributed by atoms with Crippen LogP contribution in [-0.2, 0) is 13.6 Å². The average molecular weight is 366 g/mol. The van der Waals surface area contributed by atoms with Crippen LogP contribution < -0.4 is 5.69 Å². The lowest BCUT2D eigenvalue weighted by atomic mass is 10.0. The van der Waals surface area contributed by atoms with Crippen molar-refractivity contribution in [3.8, 4) is 0 Å². The highest BCUT2D eigenvalue weighted by Gasteiger charge is 2.24. The molecule has 0 radical (unpaired) electrons. The fourth-order valence-electron chi connectivity index (χ4n) is 3.99. The van der Waals surface area contributed by atoms with E-state index in [1.54, 1.807) is 16.7 Å². The minimum Gasteiger partial charge on any atom is -0.299 e. The maximum absolute atomic E-state index is 12.7. The van der Waals surface area contributed by atoms with Crippen LogP contribution in [0.2, 0.25) is 0 Å². The third-order valence-electron chi connectivity index (χ3n) is 5.47. The summed E-state index contributed by atoms with van der Waals surface area (Å²) in [6.07, 6.45) is 1.84. The van der Waals surface area contributed by atoms with Crippen molar-refractivity contribution >= 4 is 16.7 Å². The van der Waals surface area contributed by atoms with Gasteiger partial charge in [-0.15, -0.1) is 0 Å². The maximum Gasteiger partial charge on any atom is 0.329 e. The van der Waals surface area contributed by atoms with E-state index in [1.807, 2.05) is 48.0 Å². The summed E-state index contributed by atoms with van der Waals surface area (Å²) in [4.78, 5) is 25.4. The lowest BCUT2D eigenvalue weighted by molar-refractivity contribution is -0.384. The van der Waals surface area contributed by atoms with Gasteiger partial charge in [0.05, 0.1) is 16.0 Å². The summed E-state index contributed by atoms with van der Waals surface area (Å²) >= 11 is 0. The second kappa shape index (κ2) is 7.00. The van der Waals surface area contributed by atoms with E-state index in [9.17, 15) is 14.9 Å². The van der Waals surface area contributed by atoms with Crippen LogP contribution in [-0.4, -0.2) is 32.0 Å². The molecular formula is C20H22N4O3. The molecule has 0 bridgehead atoms. The number of hydrogen-bond donors (Lipinski definition) is 0. The van der Waals surface area contributed by atoms with Gasteiger partial charge in [0.1, 0.15) is 0 Å². The molecule has 27 heavy (non-hydrogen) atoms. The highest BCUT2D eigenvalue weighted by atomic mass is 16.6. The zero-order chi connectivity index (χ0) is 19.0. The number of rotatable bonds is 4. The van der Waals surface area contributed by atoms with Gasteiger partial charge < -0.3 is 0 Å². The smallest absolute Gasteiger partial charge is 0.299 e. The minimum absolute atomic E-state index is 0.0463.